The number of nitrogens with one attached hydrogen (secondary N) is 1. The van der Waals surface area contributed by atoms with Crippen LogP contribution in [0.1, 0.15) is 41.8 Å². The second-order valence-electron chi connectivity index (χ2n) is 6.63. The minimum Gasteiger partial charge on any atom is -0.266 e. The van der Waals surface area contributed by atoms with Gasteiger partial charge in [-0.05, 0) is 29.6 Å². The predicted octanol–water partition coefficient (Wildman–Crippen LogP) is 4.00. The third-order valence-corrected chi connectivity index (χ3v) is 4.42. The Hall–Kier alpha value is -2.73. The summed E-state index contributed by atoms with van der Waals surface area (Å²) in [7, 11) is 0. The highest BCUT2D eigenvalue weighted by molar-refractivity contribution is 7.11. The maximum atomic E-state index is 12.6. The van der Waals surface area contributed by atoms with E-state index in [-0.39, 0.29) is 11.3 Å². The summed E-state index contributed by atoms with van der Waals surface area (Å²) in [4.78, 5) is 13.6. The molecule has 1 aromatic carbocycles. The van der Waals surface area contributed by atoms with E-state index in [0.717, 1.165) is 16.3 Å². The molecule has 0 unspecified atom stereocenters. The molecule has 2 aromatic heterocycles. The van der Waals surface area contributed by atoms with E-state index in [4.69, 9.17) is 0 Å². The zero-order valence-corrected chi connectivity index (χ0v) is 15.2. The minimum absolute atomic E-state index is 0.157. The second kappa shape index (κ2) is 7.03. The number of rotatable bonds is 4. The molecule has 0 radical (unpaired) electrons. The number of carbonyl (C=O) groups excluding carboxylic acids is 1. The topological polar surface area (TPSA) is 59.3 Å². The quantitative estimate of drug-likeness (QED) is 0.570. The Labute approximate surface area is 151 Å². The Kier molecular flexibility index (Phi) is 4.81. The average Bonchev–Trinajstić information content (AvgIpc) is 3.24. The number of carbonyl (C=O) groups is 1. The van der Waals surface area contributed by atoms with Crippen LogP contribution < -0.4 is 5.43 Å². The van der Waals surface area contributed by atoms with Gasteiger partial charge in [-0.2, -0.15) is 10.2 Å². The number of amides is 1. The van der Waals surface area contributed by atoms with Crippen molar-refractivity contribution in [1.82, 2.24) is 15.2 Å². The molecule has 0 fully saturated rings. The average molecular weight is 352 g/mol. The number of thiophene rings is 1. The van der Waals surface area contributed by atoms with Gasteiger partial charge >= 0.3 is 0 Å². The van der Waals surface area contributed by atoms with Crippen LogP contribution in [-0.4, -0.2) is 21.9 Å². The summed E-state index contributed by atoms with van der Waals surface area (Å²) < 4.78 is 1.66. The first-order valence-electron chi connectivity index (χ1n) is 7.98. The fraction of sp³-hybridized carbons (Fsp3) is 0.211. The van der Waals surface area contributed by atoms with Crippen molar-refractivity contribution in [2.24, 2.45) is 5.10 Å². The summed E-state index contributed by atoms with van der Waals surface area (Å²) in [6.45, 7) is 6.21. The maximum Gasteiger partial charge on any atom is 0.290 e. The molecule has 3 aromatic rings. The van der Waals surface area contributed by atoms with Crippen molar-refractivity contribution in [3.8, 4) is 5.69 Å². The standard InChI is InChI=1S/C19H20N4OS/c1-19(2,3)17-12-16(23(22-17)14-8-5-4-6-9-14)18(24)21-20-13-15-10-7-11-25-15/h4-13H,1-3H3,(H,21,24)/b20-13+. The van der Waals surface area contributed by atoms with Crippen LogP contribution in [0.4, 0.5) is 0 Å². The molecule has 0 saturated carbocycles. The van der Waals surface area contributed by atoms with Crippen molar-refractivity contribution in [2.45, 2.75) is 26.2 Å². The van der Waals surface area contributed by atoms with Crippen LogP contribution in [-0.2, 0) is 5.41 Å². The molecule has 6 heteroatoms. The monoisotopic (exact) mass is 352 g/mol. The number of hydrazone groups is 1. The van der Waals surface area contributed by atoms with Crippen molar-refractivity contribution in [1.29, 1.82) is 0 Å². The number of nitrogens with zero attached hydrogens (tertiary/aromatic N) is 3. The van der Waals surface area contributed by atoms with Crippen molar-refractivity contribution >= 4 is 23.5 Å². The molecule has 0 bridgehead atoms. The fourth-order valence-corrected chi connectivity index (χ4v) is 2.84. The second-order valence-corrected chi connectivity index (χ2v) is 7.61. The predicted molar refractivity (Wildman–Crippen MR) is 102 cm³/mol. The zero-order valence-electron chi connectivity index (χ0n) is 14.4. The highest BCUT2D eigenvalue weighted by atomic mass is 32.1. The van der Waals surface area contributed by atoms with Gasteiger partial charge in [-0.1, -0.05) is 45.0 Å². The van der Waals surface area contributed by atoms with Crippen molar-refractivity contribution in [2.75, 3.05) is 0 Å². The van der Waals surface area contributed by atoms with Gasteiger partial charge in [-0.3, -0.25) is 4.79 Å². The zero-order chi connectivity index (χ0) is 17.9. The first-order valence-corrected chi connectivity index (χ1v) is 8.86. The van der Waals surface area contributed by atoms with Crippen LogP contribution in [0.2, 0.25) is 0 Å². The molecular weight excluding hydrogens is 332 g/mol. The largest absolute Gasteiger partial charge is 0.290 e. The number of hydrogen-bond acceptors (Lipinski definition) is 4. The Morgan fingerprint density at radius 3 is 2.60 bits per heavy atom. The SMILES string of the molecule is CC(C)(C)c1cc(C(=O)N/N=C/c2cccs2)n(-c2ccccc2)n1. The van der Waals surface area contributed by atoms with E-state index in [1.807, 2.05) is 53.9 Å². The van der Waals surface area contributed by atoms with Gasteiger partial charge in [-0.25, -0.2) is 10.1 Å². The number of benzene rings is 1. The smallest absolute Gasteiger partial charge is 0.266 e. The summed E-state index contributed by atoms with van der Waals surface area (Å²) in [5.74, 6) is -0.292. The Morgan fingerprint density at radius 1 is 1.20 bits per heavy atom. The van der Waals surface area contributed by atoms with Gasteiger partial charge < -0.3 is 0 Å². The molecule has 1 N–H and O–H groups in total. The van der Waals surface area contributed by atoms with Crippen LogP contribution in [0.15, 0.2) is 59.0 Å². The van der Waals surface area contributed by atoms with Crippen LogP contribution in [0.3, 0.4) is 0 Å². The highest BCUT2D eigenvalue weighted by Crippen LogP contribution is 2.23. The van der Waals surface area contributed by atoms with E-state index >= 15 is 0 Å². The van der Waals surface area contributed by atoms with Crippen molar-refractivity contribution in [3.63, 3.8) is 0 Å². The molecular formula is C19H20N4OS. The summed E-state index contributed by atoms with van der Waals surface area (Å²) >= 11 is 1.56. The van der Waals surface area contributed by atoms with E-state index < -0.39 is 0 Å². The van der Waals surface area contributed by atoms with Gasteiger partial charge in [0.1, 0.15) is 5.69 Å². The Morgan fingerprint density at radius 2 is 1.96 bits per heavy atom. The van der Waals surface area contributed by atoms with Gasteiger partial charge in [0.25, 0.3) is 5.91 Å². The molecule has 3 rings (SSSR count). The lowest BCUT2D eigenvalue weighted by Gasteiger charge is -2.14. The molecule has 128 valence electrons. The van der Waals surface area contributed by atoms with E-state index in [1.54, 1.807) is 22.2 Å². The maximum absolute atomic E-state index is 12.6. The molecule has 2 heterocycles. The summed E-state index contributed by atoms with van der Waals surface area (Å²) in [5.41, 5.74) is 4.58. The fourth-order valence-electron chi connectivity index (χ4n) is 2.25. The van der Waals surface area contributed by atoms with Gasteiger partial charge in [0.15, 0.2) is 0 Å². The van der Waals surface area contributed by atoms with E-state index in [2.05, 4.69) is 36.4 Å². The molecule has 0 spiro atoms. The van der Waals surface area contributed by atoms with E-state index in [9.17, 15) is 4.79 Å². The van der Waals surface area contributed by atoms with Crippen LogP contribution in [0.5, 0.6) is 0 Å². The van der Waals surface area contributed by atoms with E-state index in [1.165, 1.54) is 0 Å². The van der Waals surface area contributed by atoms with Crippen LogP contribution >= 0.6 is 11.3 Å². The third-order valence-electron chi connectivity index (χ3n) is 3.61. The van der Waals surface area contributed by atoms with Crippen LogP contribution in [0.25, 0.3) is 5.69 Å². The normalized spacial score (nSPS) is 11.8. The van der Waals surface area contributed by atoms with Crippen LogP contribution in [0, 0.1) is 0 Å². The summed E-state index contributed by atoms with van der Waals surface area (Å²) in [5, 5.41) is 10.6. The summed E-state index contributed by atoms with van der Waals surface area (Å²) in [6.07, 6.45) is 1.64. The summed E-state index contributed by atoms with van der Waals surface area (Å²) in [6, 6.07) is 15.3. The highest BCUT2D eigenvalue weighted by Gasteiger charge is 2.23. The van der Waals surface area contributed by atoms with Gasteiger partial charge in [-0.15, -0.1) is 11.3 Å². The lowest BCUT2D eigenvalue weighted by atomic mass is 9.92. The molecule has 25 heavy (non-hydrogen) atoms. The molecule has 0 atom stereocenters. The lowest BCUT2D eigenvalue weighted by Crippen LogP contribution is -2.21. The molecule has 0 aliphatic carbocycles. The molecule has 0 aliphatic heterocycles. The first-order chi connectivity index (χ1) is 11.9. The molecule has 5 nitrogen and oxygen atoms in total. The third kappa shape index (κ3) is 4.03. The molecule has 1 amide bonds. The number of hydrogen-bond donors (Lipinski definition) is 1. The first kappa shape index (κ1) is 17.1. The Bertz CT molecular complexity index is 874. The van der Waals surface area contributed by atoms with Gasteiger partial charge in [0.2, 0.25) is 0 Å². The van der Waals surface area contributed by atoms with Gasteiger partial charge in [0.05, 0.1) is 17.6 Å². The van der Waals surface area contributed by atoms with Crippen molar-refractivity contribution in [3.05, 3.63) is 70.2 Å². The lowest BCUT2D eigenvalue weighted by molar-refractivity contribution is 0.0947. The Balaban J connectivity index is 1.91. The number of aromatic nitrogens is 2. The van der Waals surface area contributed by atoms with Crippen molar-refractivity contribution < 1.29 is 4.79 Å². The van der Waals surface area contributed by atoms with Gasteiger partial charge in [0, 0.05) is 10.3 Å². The molecule has 0 aliphatic rings. The minimum atomic E-state index is -0.292. The molecule has 0 saturated heterocycles. The number of para-hydroxylation sites is 1. The van der Waals surface area contributed by atoms with E-state index in [0.29, 0.717) is 5.69 Å².